The van der Waals surface area contributed by atoms with E-state index < -0.39 is 0 Å². The number of unbranched alkanes of at least 4 members (excludes halogenated alkanes) is 4. The number of thiophene rings is 2. The Morgan fingerprint density at radius 1 is 0.450 bits per heavy atom. The zero-order valence-corrected chi connectivity index (χ0v) is 26.4. The Balaban J connectivity index is 1.28. The predicted octanol–water partition coefficient (Wildman–Crippen LogP) is 13.1. The molecule has 2 heterocycles. The molecule has 0 aliphatic rings. The van der Waals surface area contributed by atoms with Crippen LogP contribution in [0.5, 0.6) is 0 Å². The van der Waals surface area contributed by atoms with Crippen LogP contribution in [0, 0.1) is 11.8 Å². The fraction of sp³-hybridized carbons (Fsp3) is 0.421. The van der Waals surface area contributed by atoms with Crippen LogP contribution in [0.3, 0.4) is 0 Å². The first-order chi connectivity index (χ1) is 19.5. The van der Waals surface area contributed by atoms with Gasteiger partial charge in [-0.05, 0) is 72.9 Å². The molecule has 2 aromatic heterocycles. The molecule has 0 saturated carbocycles. The van der Waals surface area contributed by atoms with Crippen LogP contribution in [-0.4, -0.2) is 0 Å². The lowest BCUT2D eigenvalue weighted by atomic mass is 9.99. The maximum absolute atomic E-state index is 2.48. The third-order valence-corrected chi connectivity index (χ3v) is 11.1. The van der Waals surface area contributed by atoms with Crippen LogP contribution >= 0.6 is 22.7 Å². The van der Waals surface area contributed by atoms with E-state index in [-0.39, 0.29) is 0 Å². The molecule has 0 atom stereocenters. The summed E-state index contributed by atoms with van der Waals surface area (Å²) in [4.78, 5) is 0. The van der Waals surface area contributed by atoms with Crippen molar-refractivity contribution in [2.75, 3.05) is 0 Å². The fourth-order valence-electron chi connectivity index (χ4n) is 6.40. The molecule has 0 N–H and O–H groups in total. The summed E-state index contributed by atoms with van der Waals surface area (Å²) < 4.78 is 5.73. The quantitative estimate of drug-likeness (QED) is 0.130. The van der Waals surface area contributed by atoms with Crippen molar-refractivity contribution in [2.45, 2.75) is 91.9 Å². The Hall–Kier alpha value is -2.42. The van der Waals surface area contributed by atoms with Crippen molar-refractivity contribution in [2.24, 2.45) is 11.8 Å². The minimum atomic E-state index is 0.823. The molecule has 6 rings (SSSR count). The van der Waals surface area contributed by atoms with Gasteiger partial charge in [-0.1, -0.05) is 103 Å². The highest BCUT2D eigenvalue weighted by atomic mass is 32.1. The first-order valence-electron chi connectivity index (χ1n) is 15.7. The van der Waals surface area contributed by atoms with Gasteiger partial charge in [-0.3, -0.25) is 0 Å². The Kier molecular flexibility index (Phi) is 8.47. The van der Waals surface area contributed by atoms with E-state index in [2.05, 4.69) is 88.4 Å². The molecule has 6 aromatic rings. The lowest BCUT2D eigenvalue weighted by Gasteiger charge is -2.05. The van der Waals surface area contributed by atoms with Gasteiger partial charge in [0, 0.05) is 51.1 Å². The predicted molar refractivity (Wildman–Crippen MR) is 184 cm³/mol. The topological polar surface area (TPSA) is 0 Å². The average molecular weight is 565 g/mol. The molecule has 0 aliphatic carbocycles. The molecule has 40 heavy (non-hydrogen) atoms. The van der Waals surface area contributed by atoms with Crippen molar-refractivity contribution >= 4 is 73.8 Å². The Morgan fingerprint density at radius 2 is 0.850 bits per heavy atom. The molecule has 0 spiro atoms. The summed E-state index contributed by atoms with van der Waals surface area (Å²) in [6.07, 6.45) is 13.1. The number of hydrogen-bond acceptors (Lipinski definition) is 2. The number of fused-ring (bicyclic) bond motifs is 9. The minimum absolute atomic E-state index is 0.823. The summed E-state index contributed by atoms with van der Waals surface area (Å²) in [5.41, 5.74) is 2.99. The van der Waals surface area contributed by atoms with Gasteiger partial charge in [-0.15, -0.1) is 22.7 Å². The molecule has 0 bridgehead atoms. The van der Waals surface area contributed by atoms with Gasteiger partial charge in [0.05, 0.1) is 0 Å². The normalized spacial score (nSPS) is 12.4. The van der Waals surface area contributed by atoms with E-state index in [0.717, 1.165) is 11.8 Å². The molecule has 0 aliphatic heterocycles. The van der Waals surface area contributed by atoms with E-state index in [0.29, 0.717) is 0 Å². The number of rotatable bonds is 12. The summed E-state index contributed by atoms with van der Waals surface area (Å²) in [5.74, 6) is 1.65. The van der Waals surface area contributed by atoms with Gasteiger partial charge in [0.1, 0.15) is 0 Å². The Bertz CT molecular complexity index is 1630. The second-order valence-corrected chi connectivity index (χ2v) is 14.9. The maximum Gasteiger partial charge on any atom is 0.0434 e. The third-order valence-electron chi connectivity index (χ3n) is 8.69. The molecule has 208 valence electrons. The van der Waals surface area contributed by atoms with E-state index >= 15 is 0 Å². The Labute approximate surface area is 248 Å². The summed E-state index contributed by atoms with van der Waals surface area (Å²) >= 11 is 3.94. The monoisotopic (exact) mass is 564 g/mol. The standard InChI is InChI=1S/C38H44S2/c1-25(2)11-7-5-9-13-27-15-21-35-33(23-27)31-19-17-30-29(37(31)39-35)18-20-32-34-24-28(14-10-6-8-12-26(3)4)16-22-36(34)40-38(30)32/h15-26H,5-14H2,1-4H3. The second-order valence-electron chi connectivity index (χ2n) is 12.8. The number of hydrogen-bond donors (Lipinski definition) is 0. The summed E-state index contributed by atoms with van der Waals surface area (Å²) in [7, 11) is 0. The maximum atomic E-state index is 2.48. The largest absolute Gasteiger partial charge is 0.135 e. The van der Waals surface area contributed by atoms with Crippen molar-refractivity contribution in [3.63, 3.8) is 0 Å². The van der Waals surface area contributed by atoms with Gasteiger partial charge in [0.2, 0.25) is 0 Å². The first kappa shape index (κ1) is 27.7. The smallest absolute Gasteiger partial charge is 0.0434 e. The molecule has 4 aromatic carbocycles. The lowest BCUT2D eigenvalue weighted by molar-refractivity contribution is 0.527. The van der Waals surface area contributed by atoms with E-state index in [9.17, 15) is 0 Å². The molecule has 0 unspecified atom stereocenters. The van der Waals surface area contributed by atoms with Crippen LogP contribution in [0.4, 0.5) is 0 Å². The van der Waals surface area contributed by atoms with Crippen molar-refractivity contribution in [1.29, 1.82) is 0 Å². The lowest BCUT2D eigenvalue weighted by Crippen LogP contribution is -1.89. The van der Waals surface area contributed by atoms with Crippen LogP contribution in [0.25, 0.3) is 51.1 Å². The van der Waals surface area contributed by atoms with E-state index in [4.69, 9.17) is 0 Å². The minimum Gasteiger partial charge on any atom is -0.135 e. The molecule has 0 saturated heterocycles. The SMILES string of the molecule is CC(C)CCCCCc1ccc2sc3c(ccc4c3ccc3c5cc(CCCCCC(C)C)ccc5sc34)c2c1. The van der Waals surface area contributed by atoms with Crippen molar-refractivity contribution in [3.05, 3.63) is 71.8 Å². The highest BCUT2D eigenvalue weighted by molar-refractivity contribution is 7.28. The fourth-order valence-corrected chi connectivity index (χ4v) is 8.82. The highest BCUT2D eigenvalue weighted by Gasteiger charge is 2.14. The van der Waals surface area contributed by atoms with Gasteiger partial charge in [0.15, 0.2) is 0 Å². The summed E-state index contributed by atoms with van der Waals surface area (Å²) in [6.45, 7) is 9.33. The average Bonchev–Trinajstić information content (AvgIpc) is 3.50. The third kappa shape index (κ3) is 5.81. The van der Waals surface area contributed by atoms with Crippen molar-refractivity contribution < 1.29 is 0 Å². The highest BCUT2D eigenvalue weighted by Crippen LogP contribution is 2.44. The summed E-state index contributed by atoms with van der Waals surface area (Å²) in [5, 5.41) is 8.56. The van der Waals surface area contributed by atoms with Crippen LogP contribution in [0.2, 0.25) is 0 Å². The van der Waals surface area contributed by atoms with Crippen LogP contribution in [-0.2, 0) is 12.8 Å². The Morgan fingerprint density at radius 3 is 1.25 bits per heavy atom. The van der Waals surface area contributed by atoms with E-state index in [1.807, 2.05) is 22.7 Å². The molecule has 0 fully saturated rings. The molecule has 2 heteroatoms. The van der Waals surface area contributed by atoms with Crippen LogP contribution < -0.4 is 0 Å². The van der Waals surface area contributed by atoms with Crippen molar-refractivity contribution in [1.82, 2.24) is 0 Å². The van der Waals surface area contributed by atoms with Gasteiger partial charge < -0.3 is 0 Å². The first-order valence-corrected chi connectivity index (χ1v) is 17.3. The van der Waals surface area contributed by atoms with Gasteiger partial charge in [-0.25, -0.2) is 0 Å². The molecular formula is C38H44S2. The zero-order valence-electron chi connectivity index (χ0n) is 24.8. The molecule has 0 nitrogen and oxygen atoms in total. The van der Waals surface area contributed by atoms with Crippen LogP contribution in [0.15, 0.2) is 60.7 Å². The molecule has 0 amide bonds. The molecular weight excluding hydrogens is 521 g/mol. The van der Waals surface area contributed by atoms with Gasteiger partial charge in [0.25, 0.3) is 0 Å². The van der Waals surface area contributed by atoms with Crippen molar-refractivity contribution in [3.8, 4) is 0 Å². The number of benzene rings is 4. The van der Waals surface area contributed by atoms with E-state index in [1.165, 1.54) is 126 Å². The second kappa shape index (κ2) is 12.2. The van der Waals surface area contributed by atoms with Crippen LogP contribution in [0.1, 0.15) is 90.2 Å². The van der Waals surface area contributed by atoms with Gasteiger partial charge >= 0.3 is 0 Å². The van der Waals surface area contributed by atoms with Gasteiger partial charge in [-0.2, -0.15) is 0 Å². The zero-order chi connectivity index (χ0) is 27.6. The molecule has 0 radical (unpaired) electrons. The summed E-state index contributed by atoms with van der Waals surface area (Å²) in [6, 6.07) is 24.0. The van der Waals surface area contributed by atoms with E-state index in [1.54, 1.807) is 0 Å². The number of aryl methyl sites for hydroxylation is 2.